The van der Waals surface area contributed by atoms with Crippen molar-refractivity contribution in [1.29, 1.82) is 0 Å². The normalized spacial score (nSPS) is 13.6. The van der Waals surface area contributed by atoms with Crippen molar-refractivity contribution in [2.45, 2.75) is 46.0 Å². The summed E-state index contributed by atoms with van der Waals surface area (Å²) in [4.78, 5) is 12.7. The lowest BCUT2D eigenvalue weighted by atomic mass is 9.75. The third kappa shape index (κ3) is 4.07. The molecule has 1 atom stereocenters. The quantitative estimate of drug-likeness (QED) is 0.831. The van der Waals surface area contributed by atoms with E-state index in [1.807, 2.05) is 34.6 Å². The van der Waals surface area contributed by atoms with Crippen molar-refractivity contribution in [2.24, 2.45) is 5.41 Å². The molecule has 2 aromatic rings. The molecule has 6 heteroatoms. The molecule has 0 bridgehead atoms. The molecule has 5 nitrogen and oxygen atoms in total. The first-order valence-electron chi connectivity index (χ1n) is 8.23. The van der Waals surface area contributed by atoms with Gasteiger partial charge in [-0.3, -0.25) is 4.79 Å². The van der Waals surface area contributed by atoms with Gasteiger partial charge in [-0.25, -0.2) is 4.39 Å². The van der Waals surface area contributed by atoms with E-state index in [1.165, 1.54) is 12.1 Å². The predicted molar refractivity (Wildman–Crippen MR) is 93.8 cm³/mol. The summed E-state index contributed by atoms with van der Waals surface area (Å²) in [6.45, 7) is 9.13. The average molecular weight is 348 g/mol. The highest BCUT2D eigenvalue weighted by Crippen LogP contribution is 2.36. The van der Waals surface area contributed by atoms with E-state index >= 15 is 0 Å². The number of amides is 1. The Kier molecular flexibility index (Phi) is 5.32. The van der Waals surface area contributed by atoms with Crippen molar-refractivity contribution < 1.29 is 18.8 Å². The van der Waals surface area contributed by atoms with Crippen molar-refractivity contribution >= 4 is 11.7 Å². The van der Waals surface area contributed by atoms with Gasteiger partial charge in [-0.15, -0.1) is 0 Å². The summed E-state index contributed by atoms with van der Waals surface area (Å²) in [7, 11) is 0. The Morgan fingerprint density at radius 2 is 1.88 bits per heavy atom. The summed E-state index contributed by atoms with van der Waals surface area (Å²) in [5.74, 6) is 0.148. The molecule has 0 spiro atoms. The minimum atomic E-state index is -0.747. The molecule has 0 saturated heterocycles. The Morgan fingerprint density at radius 3 is 2.44 bits per heavy atom. The van der Waals surface area contributed by atoms with Gasteiger partial charge in [-0.05, 0) is 23.6 Å². The molecule has 1 heterocycles. The molecule has 0 aliphatic heterocycles. The van der Waals surface area contributed by atoms with Crippen molar-refractivity contribution in [3.05, 3.63) is 47.5 Å². The Balaban J connectivity index is 2.14. The molecule has 1 amide bonds. The minimum absolute atomic E-state index is 0.0946. The number of halogens is 1. The van der Waals surface area contributed by atoms with Crippen LogP contribution in [-0.2, 0) is 10.2 Å². The summed E-state index contributed by atoms with van der Waals surface area (Å²) in [5.41, 5.74) is -0.445. The van der Waals surface area contributed by atoms with Crippen LogP contribution in [0.25, 0.3) is 0 Å². The SMILES string of the molecule is CC(c1ccc(F)cc1)C(C)(C)C(=O)Nc1cc(C(C)(C)CO)on1. The fourth-order valence-corrected chi connectivity index (χ4v) is 2.37. The van der Waals surface area contributed by atoms with Crippen LogP contribution in [-0.4, -0.2) is 22.8 Å². The van der Waals surface area contributed by atoms with Crippen LogP contribution in [0.15, 0.2) is 34.9 Å². The van der Waals surface area contributed by atoms with Gasteiger partial charge in [0.1, 0.15) is 11.6 Å². The number of benzene rings is 1. The maximum atomic E-state index is 13.1. The number of nitrogens with zero attached hydrogens (tertiary/aromatic N) is 1. The van der Waals surface area contributed by atoms with E-state index in [-0.39, 0.29) is 24.2 Å². The molecular formula is C19H25FN2O3. The smallest absolute Gasteiger partial charge is 0.231 e. The van der Waals surface area contributed by atoms with Gasteiger partial charge in [-0.2, -0.15) is 0 Å². The number of aromatic nitrogens is 1. The number of aliphatic hydroxyl groups excluding tert-OH is 1. The highest BCUT2D eigenvalue weighted by Gasteiger charge is 2.35. The second-order valence-electron chi connectivity index (χ2n) is 7.57. The number of carbonyl (C=O) groups is 1. The zero-order chi connectivity index (χ0) is 18.8. The summed E-state index contributed by atoms with van der Waals surface area (Å²) in [5, 5.41) is 16.0. The van der Waals surface area contributed by atoms with E-state index in [1.54, 1.807) is 18.2 Å². The van der Waals surface area contributed by atoms with E-state index in [4.69, 9.17) is 4.52 Å². The zero-order valence-electron chi connectivity index (χ0n) is 15.3. The van der Waals surface area contributed by atoms with Gasteiger partial charge in [0.15, 0.2) is 5.82 Å². The number of hydrogen-bond acceptors (Lipinski definition) is 4. The van der Waals surface area contributed by atoms with Crippen molar-refractivity contribution in [1.82, 2.24) is 5.16 Å². The second kappa shape index (κ2) is 6.96. The maximum absolute atomic E-state index is 13.1. The summed E-state index contributed by atoms with van der Waals surface area (Å²) < 4.78 is 18.3. The minimum Gasteiger partial charge on any atom is -0.395 e. The summed E-state index contributed by atoms with van der Waals surface area (Å²) in [6, 6.07) is 7.77. The van der Waals surface area contributed by atoms with Gasteiger partial charge < -0.3 is 14.9 Å². The van der Waals surface area contributed by atoms with Crippen LogP contribution in [0.2, 0.25) is 0 Å². The summed E-state index contributed by atoms with van der Waals surface area (Å²) >= 11 is 0. The van der Waals surface area contributed by atoms with Crippen molar-refractivity contribution in [3.63, 3.8) is 0 Å². The monoisotopic (exact) mass is 348 g/mol. The molecule has 1 aromatic carbocycles. The molecule has 0 aliphatic carbocycles. The van der Waals surface area contributed by atoms with Gasteiger partial charge in [0, 0.05) is 11.5 Å². The molecular weight excluding hydrogens is 323 g/mol. The largest absolute Gasteiger partial charge is 0.395 e. The molecule has 0 fully saturated rings. The van der Waals surface area contributed by atoms with E-state index < -0.39 is 10.8 Å². The van der Waals surface area contributed by atoms with Gasteiger partial charge in [0.25, 0.3) is 0 Å². The van der Waals surface area contributed by atoms with Crippen LogP contribution in [0, 0.1) is 11.2 Å². The first-order chi connectivity index (χ1) is 11.6. The Bertz CT molecular complexity index is 735. The van der Waals surface area contributed by atoms with E-state index in [0.717, 1.165) is 5.56 Å². The third-order valence-corrected chi connectivity index (χ3v) is 4.85. The molecule has 0 aliphatic rings. The number of aliphatic hydroxyl groups is 1. The molecule has 0 saturated carbocycles. The van der Waals surface area contributed by atoms with Crippen LogP contribution in [0.3, 0.4) is 0 Å². The Labute approximate surface area is 147 Å². The highest BCUT2D eigenvalue weighted by molar-refractivity contribution is 5.94. The molecule has 0 radical (unpaired) electrons. The highest BCUT2D eigenvalue weighted by atomic mass is 19.1. The number of anilines is 1. The lowest BCUT2D eigenvalue weighted by molar-refractivity contribution is -0.124. The Morgan fingerprint density at radius 1 is 1.28 bits per heavy atom. The standard InChI is InChI=1S/C19H25FN2O3/c1-12(13-6-8-14(20)9-7-13)19(4,5)17(24)21-16-10-15(25-22-16)18(2,3)11-23/h6-10,12,23H,11H2,1-5H3,(H,21,22,24). The molecule has 1 aromatic heterocycles. The number of rotatable bonds is 6. The van der Waals surface area contributed by atoms with Crippen LogP contribution in [0.1, 0.15) is 51.9 Å². The predicted octanol–water partition coefficient (Wildman–Crippen LogP) is 3.85. The second-order valence-corrected chi connectivity index (χ2v) is 7.57. The fourth-order valence-electron chi connectivity index (χ4n) is 2.37. The van der Waals surface area contributed by atoms with Gasteiger partial charge in [0.05, 0.1) is 12.0 Å². The number of carbonyl (C=O) groups excluding carboxylic acids is 1. The topological polar surface area (TPSA) is 75.4 Å². The molecule has 2 N–H and O–H groups in total. The van der Waals surface area contributed by atoms with Gasteiger partial charge in [0.2, 0.25) is 5.91 Å². The van der Waals surface area contributed by atoms with E-state index in [9.17, 15) is 14.3 Å². The van der Waals surface area contributed by atoms with E-state index in [2.05, 4.69) is 10.5 Å². The van der Waals surface area contributed by atoms with Crippen molar-refractivity contribution in [3.8, 4) is 0 Å². The zero-order valence-corrected chi connectivity index (χ0v) is 15.3. The number of hydrogen-bond donors (Lipinski definition) is 2. The van der Waals surface area contributed by atoms with Crippen LogP contribution in [0.4, 0.5) is 10.2 Å². The maximum Gasteiger partial charge on any atom is 0.231 e. The van der Waals surface area contributed by atoms with Crippen LogP contribution in [0.5, 0.6) is 0 Å². The van der Waals surface area contributed by atoms with Gasteiger partial charge in [-0.1, -0.05) is 51.9 Å². The van der Waals surface area contributed by atoms with Crippen LogP contribution >= 0.6 is 0 Å². The molecule has 136 valence electrons. The average Bonchev–Trinajstić information content (AvgIpc) is 3.04. The molecule has 25 heavy (non-hydrogen) atoms. The third-order valence-electron chi connectivity index (χ3n) is 4.85. The summed E-state index contributed by atoms with van der Waals surface area (Å²) in [6.07, 6.45) is 0. The van der Waals surface area contributed by atoms with Gasteiger partial charge >= 0.3 is 0 Å². The number of nitrogens with one attached hydrogen (secondary N) is 1. The van der Waals surface area contributed by atoms with Crippen molar-refractivity contribution in [2.75, 3.05) is 11.9 Å². The molecule has 2 rings (SSSR count). The molecule has 1 unspecified atom stereocenters. The lowest BCUT2D eigenvalue weighted by Crippen LogP contribution is -2.35. The Hall–Kier alpha value is -2.21. The lowest BCUT2D eigenvalue weighted by Gasteiger charge is -2.30. The van der Waals surface area contributed by atoms with Crippen LogP contribution < -0.4 is 5.32 Å². The first kappa shape index (κ1) is 19.1. The van der Waals surface area contributed by atoms with E-state index in [0.29, 0.717) is 11.6 Å². The first-order valence-corrected chi connectivity index (χ1v) is 8.23. The fraction of sp³-hybridized carbons (Fsp3) is 0.474.